The fourth-order valence-corrected chi connectivity index (χ4v) is 5.75. The number of aromatic nitrogens is 3. The number of anilines is 1. The zero-order chi connectivity index (χ0) is 29.0. The molecule has 40 heavy (non-hydrogen) atoms. The Morgan fingerprint density at radius 3 is 2.62 bits per heavy atom. The summed E-state index contributed by atoms with van der Waals surface area (Å²) in [6.07, 6.45) is 0.701. The van der Waals surface area contributed by atoms with Gasteiger partial charge in [-0.15, -0.1) is 5.10 Å². The van der Waals surface area contributed by atoms with Gasteiger partial charge in [0.2, 0.25) is 11.1 Å². The Labute approximate surface area is 256 Å². The lowest BCUT2D eigenvalue weighted by Crippen LogP contribution is -2.30. The minimum absolute atomic E-state index is 0.248. The van der Waals surface area contributed by atoms with Gasteiger partial charge in [0.05, 0.1) is 32.8 Å². The number of carbonyl (C=O) groups is 1. The van der Waals surface area contributed by atoms with Crippen molar-refractivity contribution in [3.8, 4) is 11.5 Å². The SMILES string of the molecule is CCCSc1nc2n(n1)C(c1cc(Br)c(OCc3ccc(Cl)c(Cl)c3)c(OCC)c1)C(C(=O)OC(C)C)=C(C)N2. The molecule has 8 nitrogen and oxygen atoms in total. The topological polar surface area (TPSA) is 87.5 Å². The number of rotatable bonds is 11. The van der Waals surface area contributed by atoms with Gasteiger partial charge in [-0.05, 0) is 85.4 Å². The van der Waals surface area contributed by atoms with Crippen molar-refractivity contribution in [2.75, 3.05) is 17.7 Å². The molecule has 4 rings (SSSR count). The number of hydrogen-bond donors (Lipinski definition) is 1. The van der Waals surface area contributed by atoms with Crippen molar-refractivity contribution in [3.63, 3.8) is 0 Å². The number of carbonyl (C=O) groups excluding carboxylic acids is 1. The van der Waals surface area contributed by atoms with Gasteiger partial charge < -0.3 is 19.5 Å². The summed E-state index contributed by atoms with van der Waals surface area (Å²) in [7, 11) is 0. The van der Waals surface area contributed by atoms with E-state index in [0.29, 0.717) is 55.0 Å². The van der Waals surface area contributed by atoms with Gasteiger partial charge in [0.1, 0.15) is 12.6 Å². The molecule has 0 aliphatic carbocycles. The predicted molar refractivity (Wildman–Crippen MR) is 163 cm³/mol. The first-order valence-corrected chi connectivity index (χ1v) is 15.5. The van der Waals surface area contributed by atoms with Crippen molar-refractivity contribution in [2.45, 2.75) is 64.9 Å². The zero-order valence-electron chi connectivity index (χ0n) is 22.9. The molecule has 12 heteroatoms. The fourth-order valence-electron chi connectivity index (χ4n) is 4.17. The third kappa shape index (κ3) is 6.90. The molecule has 0 saturated carbocycles. The van der Waals surface area contributed by atoms with Crippen LogP contribution >= 0.6 is 50.9 Å². The second kappa shape index (κ2) is 13.5. The van der Waals surface area contributed by atoms with Crippen molar-refractivity contribution in [3.05, 3.63) is 67.2 Å². The first-order valence-electron chi connectivity index (χ1n) is 12.9. The summed E-state index contributed by atoms with van der Waals surface area (Å²) in [5.41, 5.74) is 2.70. The zero-order valence-corrected chi connectivity index (χ0v) is 26.8. The number of allylic oxidation sites excluding steroid dienone is 1. The van der Waals surface area contributed by atoms with Crippen LogP contribution in [-0.2, 0) is 16.1 Å². The number of thioether (sulfide) groups is 1. The van der Waals surface area contributed by atoms with Gasteiger partial charge >= 0.3 is 5.97 Å². The first kappa shape index (κ1) is 30.6. The van der Waals surface area contributed by atoms with Crippen molar-refractivity contribution in [1.82, 2.24) is 14.8 Å². The van der Waals surface area contributed by atoms with E-state index < -0.39 is 12.0 Å². The molecule has 0 radical (unpaired) electrons. The molecule has 2 aromatic carbocycles. The highest BCUT2D eigenvalue weighted by molar-refractivity contribution is 9.10. The van der Waals surface area contributed by atoms with Crippen LogP contribution in [0.5, 0.6) is 11.5 Å². The molecule has 0 spiro atoms. The molecular weight excluding hydrogens is 639 g/mol. The third-order valence-corrected chi connectivity index (χ3v) is 8.22. The van der Waals surface area contributed by atoms with E-state index in [-0.39, 0.29) is 12.7 Å². The predicted octanol–water partition coefficient (Wildman–Crippen LogP) is 8.07. The molecule has 1 aliphatic heterocycles. The summed E-state index contributed by atoms with van der Waals surface area (Å²) in [5, 5.41) is 9.57. The highest BCUT2D eigenvalue weighted by Gasteiger charge is 2.36. The summed E-state index contributed by atoms with van der Waals surface area (Å²) in [6, 6.07) is 8.52. The number of hydrogen-bond acceptors (Lipinski definition) is 8. The standard InChI is InChI=1S/C28H31BrCl2N4O4S/c1-6-10-40-28-33-27-32-16(5)23(26(36)39-15(3)4)24(35(27)34-28)18-12-19(29)25(22(13-18)37-7-2)38-14-17-8-9-20(30)21(31)11-17/h8-9,11-13,15,24H,6-7,10,14H2,1-5H3,(H,32,33,34). The van der Waals surface area contributed by atoms with Crippen LogP contribution < -0.4 is 14.8 Å². The normalized spacial score (nSPS) is 14.7. The molecule has 214 valence electrons. The van der Waals surface area contributed by atoms with E-state index in [1.54, 1.807) is 28.6 Å². The van der Waals surface area contributed by atoms with Crippen LogP contribution in [0.25, 0.3) is 0 Å². The molecule has 1 aromatic heterocycles. The van der Waals surface area contributed by atoms with Crippen LogP contribution in [0.4, 0.5) is 5.95 Å². The number of halogens is 3. The number of fused-ring (bicyclic) bond motifs is 1. The van der Waals surface area contributed by atoms with E-state index in [1.165, 1.54) is 0 Å². The van der Waals surface area contributed by atoms with Crippen molar-refractivity contribution >= 4 is 62.8 Å². The maximum Gasteiger partial charge on any atom is 0.338 e. The van der Waals surface area contributed by atoms with Crippen LogP contribution in [0, 0.1) is 0 Å². The maximum absolute atomic E-state index is 13.4. The Hall–Kier alpha value is -2.40. The Kier molecular flexibility index (Phi) is 10.3. The molecular formula is C28H31BrCl2N4O4S. The minimum atomic E-state index is -0.606. The summed E-state index contributed by atoms with van der Waals surface area (Å²) in [6.45, 7) is 10.2. The monoisotopic (exact) mass is 668 g/mol. The molecule has 1 unspecified atom stereocenters. The molecule has 0 amide bonds. The highest BCUT2D eigenvalue weighted by atomic mass is 79.9. The average Bonchev–Trinajstić information content (AvgIpc) is 3.29. The fraction of sp³-hybridized carbons (Fsp3) is 0.393. The van der Waals surface area contributed by atoms with Crippen molar-refractivity contribution in [1.29, 1.82) is 0 Å². The minimum Gasteiger partial charge on any atom is -0.490 e. The Morgan fingerprint density at radius 1 is 1.18 bits per heavy atom. The van der Waals surface area contributed by atoms with E-state index in [1.807, 2.05) is 45.9 Å². The van der Waals surface area contributed by atoms with Crippen LogP contribution in [-0.4, -0.2) is 39.2 Å². The Balaban J connectivity index is 1.77. The largest absolute Gasteiger partial charge is 0.490 e. The number of benzene rings is 2. The van der Waals surface area contributed by atoms with E-state index in [0.717, 1.165) is 23.3 Å². The number of nitrogens with one attached hydrogen (secondary N) is 1. The van der Waals surface area contributed by atoms with E-state index in [2.05, 4.69) is 33.2 Å². The van der Waals surface area contributed by atoms with Crippen LogP contribution in [0.2, 0.25) is 10.0 Å². The van der Waals surface area contributed by atoms with Gasteiger partial charge in [-0.25, -0.2) is 9.48 Å². The van der Waals surface area contributed by atoms with Crippen molar-refractivity contribution in [2.24, 2.45) is 0 Å². The van der Waals surface area contributed by atoms with Gasteiger partial charge in [0, 0.05) is 11.4 Å². The lowest BCUT2D eigenvalue weighted by atomic mass is 9.95. The van der Waals surface area contributed by atoms with Gasteiger partial charge in [-0.2, -0.15) is 4.98 Å². The smallest absolute Gasteiger partial charge is 0.338 e. The quantitative estimate of drug-likeness (QED) is 0.162. The number of esters is 1. The molecule has 0 bridgehead atoms. The summed E-state index contributed by atoms with van der Waals surface area (Å²) < 4.78 is 20.2. The van der Waals surface area contributed by atoms with E-state index >= 15 is 0 Å². The van der Waals surface area contributed by atoms with Crippen LogP contribution in [0.3, 0.4) is 0 Å². The molecule has 1 atom stereocenters. The average molecular weight is 670 g/mol. The first-order chi connectivity index (χ1) is 19.1. The van der Waals surface area contributed by atoms with Crippen molar-refractivity contribution < 1.29 is 19.0 Å². The number of ether oxygens (including phenoxy) is 3. The summed E-state index contributed by atoms with van der Waals surface area (Å²) in [4.78, 5) is 18.1. The maximum atomic E-state index is 13.4. The van der Waals surface area contributed by atoms with Gasteiger partial charge in [-0.3, -0.25) is 0 Å². The van der Waals surface area contributed by atoms with Gasteiger partial charge in [0.15, 0.2) is 11.5 Å². The summed E-state index contributed by atoms with van der Waals surface area (Å²) in [5.74, 6) is 2.05. The van der Waals surface area contributed by atoms with Crippen LogP contribution in [0.1, 0.15) is 58.2 Å². The molecule has 2 heterocycles. The molecule has 0 fully saturated rings. The molecule has 3 aromatic rings. The second-order valence-corrected chi connectivity index (χ2v) is 12.1. The lowest BCUT2D eigenvalue weighted by Gasteiger charge is -2.29. The van der Waals surface area contributed by atoms with E-state index in [4.69, 9.17) is 42.5 Å². The second-order valence-electron chi connectivity index (χ2n) is 9.33. The molecule has 1 aliphatic rings. The van der Waals surface area contributed by atoms with Crippen LogP contribution in [0.15, 0.2) is 51.2 Å². The Bertz CT molecular complexity index is 1430. The van der Waals surface area contributed by atoms with E-state index in [9.17, 15) is 4.79 Å². The summed E-state index contributed by atoms with van der Waals surface area (Å²) >= 11 is 17.5. The Morgan fingerprint density at radius 2 is 1.95 bits per heavy atom. The van der Waals surface area contributed by atoms with Gasteiger partial charge in [-0.1, -0.05) is 48.0 Å². The number of nitrogens with zero attached hydrogens (tertiary/aromatic N) is 3. The molecule has 0 saturated heterocycles. The third-order valence-electron chi connectivity index (χ3n) is 5.85. The highest BCUT2D eigenvalue weighted by Crippen LogP contribution is 2.44. The van der Waals surface area contributed by atoms with Gasteiger partial charge in [0.25, 0.3) is 0 Å². The molecule has 1 N–H and O–H groups in total. The lowest BCUT2D eigenvalue weighted by molar-refractivity contribution is -0.143.